The zero-order chi connectivity index (χ0) is 22.7. The van der Waals surface area contributed by atoms with E-state index in [4.69, 9.17) is 9.26 Å². The lowest BCUT2D eigenvalue weighted by atomic mass is 9.89. The van der Waals surface area contributed by atoms with E-state index in [1.165, 1.54) is 0 Å². The molecule has 0 saturated heterocycles. The first-order valence-electron chi connectivity index (χ1n) is 10.8. The smallest absolute Gasteiger partial charge is 0.339 e. The highest BCUT2D eigenvalue weighted by molar-refractivity contribution is 6.05. The molecule has 0 radical (unpaired) electrons. The number of hydrogen-bond acceptors (Lipinski definition) is 7. The summed E-state index contributed by atoms with van der Waals surface area (Å²) in [5, 5.41) is 6.68. The first-order valence-corrected chi connectivity index (χ1v) is 10.8. The number of carbonyl (C=O) groups excluding carboxylic acids is 3. The number of fused-ring (bicyclic) bond motifs is 1. The number of ether oxygens (including phenoxy) is 1. The molecule has 32 heavy (non-hydrogen) atoms. The van der Waals surface area contributed by atoms with E-state index in [-0.39, 0.29) is 23.1 Å². The van der Waals surface area contributed by atoms with Gasteiger partial charge in [-0.05, 0) is 32.8 Å². The fourth-order valence-corrected chi connectivity index (χ4v) is 3.98. The highest BCUT2D eigenvalue weighted by Crippen LogP contribution is 2.28. The van der Waals surface area contributed by atoms with Gasteiger partial charge in [-0.1, -0.05) is 54.2 Å². The van der Waals surface area contributed by atoms with Gasteiger partial charge in [0.25, 0.3) is 11.6 Å². The van der Waals surface area contributed by atoms with Crippen molar-refractivity contribution in [3.05, 3.63) is 47.2 Å². The molecule has 4 rings (SSSR count). The van der Waals surface area contributed by atoms with Crippen molar-refractivity contribution < 1.29 is 23.6 Å². The monoisotopic (exact) mass is 435 g/mol. The Kier molecular flexibility index (Phi) is 6.30. The summed E-state index contributed by atoms with van der Waals surface area (Å²) in [7, 11) is 0. The molecule has 1 fully saturated rings. The van der Waals surface area contributed by atoms with Crippen LogP contribution in [0.15, 0.2) is 34.9 Å². The molecule has 0 spiro atoms. The van der Waals surface area contributed by atoms with Crippen LogP contribution in [0.3, 0.4) is 0 Å². The minimum Gasteiger partial charge on any atom is -0.452 e. The first-order chi connectivity index (χ1) is 15.4. The van der Waals surface area contributed by atoms with Gasteiger partial charge in [0.15, 0.2) is 6.61 Å². The fourth-order valence-electron chi connectivity index (χ4n) is 3.98. The quantitative estimate of drug-likeness (QED) is 0.605. The lowest BCUT2D eigenvalue weighted by Crippen LogP contribution is -2.38. The van der Waals surface area contributed by atoms with Crippen LogP contribution in [-0.2, 0) is 14.3 Å². The number of hydrogen-bond donors (Lipinski definition) is 1. The molecule has 0 unspecified atom stereocenters. The maximum Gasteiger partial charge on any atom is 0.339 e. The van der Waals surface area contributed by atoms with Crippen LogP contribution in [-0.4, -0.2) is 34.5 Å². The molecule has 1 aliphatic carbocycles. The van der Waals surface area contributed by atoms with Crippen LogP contribution >= 0.6 is 0 Å². The van der Waals surface area contributed by atoms with Gasteiger partial charge in [0.1, 0.15) is 0 Å². The van der Waals surface area contributed by atoms with Crippen LogP contribution in [0.5, 0.6) is 0 Å². The second-order valence-electron chi connectivity index (χ2n) is 8.19. The largest absolute Gasteiger partial charge is 0.452 e. The maximum absolute atomic E-state index is 12.9. The molecule has 8 nitrogen and oxygen atoms in total. The van der Waals surface area contributed by atoms with Crippen LogP contribution in [0.1, 0.15) is 53.7 Å². The molecule has 0 bridgehead atoms. The topological polar surface area (TPSA) is 111 Å². The van der Waals surface area contributed by atoms with E-state index in [1.807, 2.05) is 31.2 Å². The lowest BCUT2D eigenvalue weighted by Gasteiger charge is -2.20. The van der Waals surface area contributed by atoms with Gasteiger partial charge >= 0.3 is 5.97 Å². The minimum atomic E-state index is -0.711. The van der Waals surface area contributed by atoms with Crippen molar-refractivity contribution in [2.24, 2.45) is 5.92 Å². The number of amides is 2. The Hall–Kier alpha value is -3.55. The lowest BCUT2D eigenvalue weighted by molar-refractivity contribution is -0.135. The second kappa shape index (κ2) is 9.30. The zero-order valence-corrected chi connectivity index (χ0v) is 18.1. The minimum absolute atomic E-state index is 0.153. The van der Waals surface area contributed by atoms with Crippen LogP contribution in [0.25, 0.3) is 22.4 Å². The van der Waals surface area contributed by atoms with Gasteiger partial charge < -0.3 is 9.26 Å². The van der Waals surface area contributed by atoms with Gasteiger partial charge in [0.2, 0.25) is 5.91 Å². The van der Waals surface area contributed by atoms with E-state index in [1.54, 1.807) is 13.0 Å². The van der Waals surface area contributed by atoms with Gasteiger partial charge in [-0.15, -0.1) is 0 Å². The number of esters is 1. The Morgan fingerprint density at radius 3 is 2.53 bits per heavy atom. The Labute approximate surface area is 185 Å². The molecule has 0 aliphatic heterocycles. The van der Waals surface area contributed by atoms with E-state index in [9.17, 15) is 14.4 Å². The van der Waals surface area contributed by atoms with Crippen molar-refractivity contribution >= 4 is 28.9 Å². The summed E-state index contributed by atoms with van der Waals surface area (Å²) in [6.45, 7) is 3.13. The summed E-state index contributed by atoms with van der Waals surface area (Å²) in [4.78, 5) is 41.7. The number of pyridine rings is 1. The third kappa shape index (κ3) is 4.69. The van der Waals surface area contributed by atoms with Crippen molar-refractivity contribution in [2.45, 2.75) is 46.0 Å². The zero-order valence-electron chi connectivity index (χ0n) is 18.1. The molecule has 3 aromatic rings. The average Bonchev–Trinajstić information content (AvgIpc) is 3.18. The third-order valence-corrected chi connectivity index (χ3v) is 5.76. The average molecular weight is 435 g/mol. The SMILES string of the molecule is Cc1ccc(-c2cc(C(=O)OCC(=O)NC(=O)C3CCCCC3)c3c(C)noc3n2)cc1. The molecule has 166 valence electrons. The van der Waals surface area contributed by atoms with Gasteiger partial charge in [-0.3, -0.25) is 14.9 Å². The van der Waals surface area contributed by atoms with Crippen LogP contribution < -0.4 is 5.32 Å². The molecule has 2 heterocycles. The van der Waals surface area contributed by atoms with Crippen LogP contribution in [0.2, 0.25) is 0 Å². The number of aryl methyl sites for hydroxylation is 2. The Bertz CT molecular complexity index is 1160. The Balaban J connectivity index is 1.50. The van der Waals surface area contributed by atoms with Gasteiger partial charge in [-0.2, -0.15) is 0 Å². The molecule has 1 N–H and O–H groups in total. The molecule has 0 atom stereocenters. The summed E-state index contributed by atoms with van der Waals surface area (Å²) in [6.07, 6.45) is 4.65. The predicted octanol–water partition coefficient (Wildman–Crippen LogP) is 3.89. The van der Waals surface area contributed by atoms with Crippen LogP contribution in [0, 0.1) is 19.8 Å². The highest BCUT2D eigenvalue weighted by atomic mass is 16.5. The summed E-state index contributed by atoms with van der Waals surface area (Å²) in [5.41, 5.74) is 3.33. The van der Waals surface area contributed by atoms with Crippen molar-refractivity contribution in [3.8, 4) is 11.3 Å². The number of nitrogens with one attached hydrogen (secondary N) is 1. The number of benzene rings is 1. The number of imide groups is 1. The van der Waals surface area contributed by atoms with E-state index in [0.717, 1.165) is 43.2 Å². The molecule has 2 amide bonds. The molecule has 8 heteroatoms. The van der Waals surface area contributed by atoms with Gasteiger partial charge in [0.05, 0.1) is 22.3 Å². The maximum atomic E-state index is 12.9. The Morgan fingerprint density at radius 2 is 1.81 bits per heavy atom. The molecule has 1 aliphatic rings. The van der Waals surface area contributed by atoms with Crippen molar-refractivity contribution in [3.63, 3.8) is 0 Å². The fraction of sp³-hybridized carbons (Fsp3) is 0.375. The summed E-state index contributed by atoms with van der Waals surface area (Å²) in [5.74, 6) is -1.80. The Morgan fingerprint density at radius 1 is 1.09 bits per heavy atom. The molecule has 1 saturated carbocycles. The number of nitrogens with zero attached hydrogens (tertiary/aromatic N) is 2. The van der Waals surface area contributed by atoms with E-state index >= 15 is 0 Å². The number of carbonyl (C=O) groups is 3. The number of aromatic nitrogens is 2. The van der Waals surface area contributed by atoms with Gasteiger partial charge in [-0.25, -0.2) is 9.78 Å². The molecule has 2 aromatic heterocycles. The van der Waals surface area contributed by atoms with Crippen molar-refractivity contribution in [2.75, 3.05) is 6.61 Å². The molecular weight excluding hydrogens is 410 g/mol. The summed E-state index contributed by atoms with van der Waals surface area (Å²) >= 11 is 0. The van der Waals surface area contributed by atoms with E-state index < -0.39 is 18.5 Å². The van der Waals surface area contributed by atoms with Gasteiger partial charge in [0, 0.05) is 11.5 Å². The van der Waals surface area contributed by atoms with Crippen molar-refractivity contribution in [1.29, 1.82) is 0 Å². The van der Waals surface area contributed by atoms with E-state index in [2.05, 4.69) is 15.5 Å². The van der Waals surface area contributed by atoms with E-state index in [0.29, 0.717) is 16.8 Å². The third-order valence-electron chi connectivity index (χ3n) is 5.76. The first kappa shape index (κ1) is 21.7. The molecule has 1 aromatic carbocycles. The normalized spacial score (nSPS) is 14.3. The highest BCUT2D eigenvalue weighted by Gasteiger charge is 2.24. The standard InChI is InChI=1S/C24H25N3O5/c1-14-8-10-16(11-9-14)19-12-18(21-15(2)27-32-23(21)25-19)24(30)31-13-20(28)26-22(29)17-6-4-3-5-7-17/h8-12,17H,3-7,13H2,1-2H3,(H,26,28,29). The second-order valence-corrected chi connectivity index (χ2v) is 8.19. The van der Waals surface area contributed by atoms with Crippen molar-refractivity contribution in [1.82, 2.24) is 15.5 Å². The summed E-state index contributed by atoms with van der Waals surface area (Å²) < 4.78 is 10.5. The summed E-state index contributed by atoms with van der Waals surface area (Å²) in [6, 6.07) is 9.28. The predicted molar refractivity (Wildman–Crippen MR) is 117 cm³/mol. The number of rotatable bonds is 5. The molecular formula is C24H25N3O5. The van der Waals surface area contributed by atoms with Crippen LogP contribution in [0.4, 0.5) is 0 Å².